The quantitative estimate of drug-likeness (QED) is 0.502. The number of fused-ring (bicyclic) bond motifs is 3. The van der Waals surface area contributed by atoms with Gasteiger partial charge in [0.2, 0.25) is 0 Å². The molecule has 1 aromatic carbocycles. The summed E-state index contributed by atoms with van der Waals surface area (Å²) in [6.45, 7) is 4.14. The molecule has 7 nitrogen and oxygen atoms in total. The van der Waals surface area contributed by atoms with E-state index < -0.39 is 18.5 Å². The molecule has 37 heavy (non-hydrogen) atoms. The number of aromatic nitrogens is 2. The van der Waals surface area contributed by atoms with Gasteiger partial charge in [-0.25, -0.2) is 9.78 Å². The maximum atomic E-state index is 12.8. The number of alkyl halides is 3. The van der Waals surface area contributed by atoms with Gasteiger partial charge in [0.05, 0.1) is 17.9 Å². The molecule has 196 valence electrons. The number of urea groups is 1. The summed E-state index contributed by atoms with van der Waals surface area (Å²) in [5.41, 5.74) is 5.60. The van der Waals surface area contributed by atoms with Crippen LogP contribution in [-0.4, -0.2) is 64.9 Å². The zero-order chi connectivity index (χ0) is 25.7. The Hall–Kier alpha value is -3.27. The van der Waals surface area contributed by atoms with Gasteiger partial charge in [-0.1, -0.05) is 6.07 Å². The fourth-order valence-electron chi connectivity index (χ4n) is 5.93. The Morgan fingerprint density at radius 1 is 1.14 bits per heavy atom. The lowest BCUT2D eigenvalue weighted by Gasteiger charge is -2.34. The number of carbonyl (C=O) groups is 1. The molecule has 5 heterocycles. The zero-order valence-corrected chi connectivity index (χ0v) is 20.7. The van der Waals surface area contributed by atoms with Crippen LogP contribution in [-0.2, 0) is 4.74 Å². The summed E-state index contributed by atoms with van der Waals surface area (Å²) < 4.78 is 46.3. The van der Waals surface area contributed by atoms with Crippen LogP contribution in [0.4, 0.5) is 29.3 Å². The Balaban J connectivity index is 1.24. The van der Waals surface area contributed by atoms with Crippen LogP contribution in [0.1, 0.15) is 31.2 Å². The number of nitrogens with one attached hydrogen (secondary N) is 1. The lowest BCUT2D eigenvalue weighted by atomic mass is 10.0. The predicted molar refractivity (Wildman–Crippen MR) is 135 cm³/mol. The van der Waals surface area contributed by atoms with E-state index in [2.05, 4.69) is 21.3 Å². The third-order valence-corrected chi connectivity index (χ3v) is 7.75. The van der Waals surface area contributed by atoms with E-state index in [0.29, 0.717) is 18.7 Å². The normalized spacial score (nSPS) is 23.7. The number of hydrogen-bond donors (Lipinski definition) is 1. The number of imidazole rings is 1. The van der Waals surface area contributed by atoms with Crippen LogP contribution in [0.25, 0.3) is 16.8 Å². The SMILES string of the molecule is Cc1ccc(NC(=O)N2CCC(CC(F)(F)F)C2)cc1-c1cc(N2CC3CCC(C2)O3)c2nccn2c1. The van der Waals surface area contributed by atoms with Gasteiger partial charge in [-0.05, 0) is 61.4 Å². The number of amides is 2. The third-order valence-electron chi connectivity index (χ3n) is 7.75. The largest absolute Gasteiger partial charge is 0.389 e. The maximum absolute atomic E-state index is 12.8. The second-order valence-electron chi connectivity index (χ2n) is 10.5. The molecule has 0 saturated carbocycles. The summed E-state index contributed by atoms with van der Waals surface area (Å²) in [6, 6.07) is 7.50. The molecular weight excluding hydrogens is 483 g/mol. The van der Waals surface area contributed by atoms with Crippen molar-refractivity contribution in [3.63, 3.8) is 0 Å². The van der Waals surface area contributed by atoms with Crippen molar-refractivity contribution in [1.82, 2.24) is 14.3 Å². The van der Waals surface area contributed by atoms with Crippen molar-refractivity contribution in [3.05, 3.63) is 48.4 Å². The summed E-state index contributed by atoms with van der Waals surface area (Å²) >= 11 is 0. The molecule has 2 bridgehead atoms. The Bertz CT molecular complexity index is 1310. The topological polar surface area (TPSA) is 62.1 Å². The molecule has 3 atom stereocenters. The molecule has 3 aliphatic rings. The summed E-state index contributed by atoms with van der Waals surface area (Å²) in [7, 11) is 0. The molecule has 0 radical (unpaired) electrons. The molecule has 3 aliphatic heterocycles. The number of rotatable bonds is 4. The number of benzene rings is 1. The van der Waals surface area contributed by atoms with Crippen molar-refractivity contribution in [3.8, 4) is 11.1 Å². The fraction of sp³-hybridized carbons (Fsp3) is 0.481. The van der Waals surface area contributed by atoms with E-state index in [1.165, 1.54) is 4.90 Å². The van der Waals surface area contributed by atoms with Crippen LogP contribution in [0.15, 0.2) is 42.9 Å². The monoisotopic (exact) mass is 513 g/mol. The van der Waals surface area contributed by atoms with Gasteiger partial charge < -0.3 is 24.3 Å². The van der Waals surface area contributed by atoms with Crippen LogP contribution in [0.5, 0.6) is 0 Å². The molecule has 3 fully saturated rings. The smallest absolute Gasteiger partial charge is 0.371 e. The van der Waals surface area contributed by atoms with E-state index in [9.17, 15) is 18.0 Å². The standard InChI is InChI=1S/C27H30F3N5O2/c1-17-2-3-20(32-26(36)34-8-6-18(13-34)12-27(28,29)30)11-23(17)19-10-24(25-31-7-9-33(25)14-19)35-15-21-4-5-22(16-35)37-21/h2-3,7,9-11,14,18,21-22H,4-6,8,12-13,15-16H2,1H3,(H,32,36). The van der Waals surface area contributed by atoms with Gasteiger partial charge in [-0.15, -0.1) is 0 Å². The highest BCUT2D eigenvalue weighted by Crippen LogP contribution is 2.36. The first-order chi connectivity index (χ1) is 17.7. The lowest BCUT2D eigenvalue weighted by Crippen LogP contribution is -2.42. The minimum Gasteiger partial charge on any atom is -0.371 e. The first-order valence-electron chi connectivity index (χ1n) is 12.8. The highest BCUT2D eigenvalue weighted by atomic mass is 19.4. The van der Waals surface area contributed by atoms with E-state index in [4.69, 9.17) is 4.74 Å². The molecule has 3 unspecified atom stereocenters. The predicted octanol–water partition coefficient (Wildman–Crippen LogP) is 5.48. The average molecular weight is 514 g/mol. The summed E-state index contributed by atoms with van der Waals surface area (Å²) in [6.07, 6.45) is 3.74. The second kappa shape index (κ2) is 9.24. The van der Waals surface area contributed by atoms with Crippen LogP contribution in [0.2, 0.25) is 0 Å². The molecule has 0 spiro atoms. The number of carbonyl (C=O) groups excluding carboxylic acids is 1. The van der Waals surface area contributed by atoms with E-state index in [0.717, 1.165) is 54.0 Å². The van der Waals surface area contributed by atoms with Gasteiger partial charge in [0.1, 0.15) is 0 Å². The number of hydrogen-bond acceptors (Lipinski definition) is 4. The number of aryl methyl sites for hydroxylation is 1. The number of likely N-dealkylation sites (tertiary alicyclic amines) is 1. The van der Waals surface area contributed by atoms with Crippen LogP contribution < -0.4 is 10.2 Å². The highest BCUT2D eigenvalue weighted by molar-refractivity contribution is 5.91. The van der Waals surface area contributed by atoms with E-state index in [-0.39, 0.29) is 24.8 Å². The first kappa shape index (κ1) is 24.1. The lowest BCUT2D eigenvalue weighted by molar-refractivity contribution is -0.143. The van der Waals surface area contributed by atoms with Crippen LogP contribution in [0.3, 0.4) is 0 Å². The molecule has 1 N–H and O–H groups in total. The first-order valence-corrected chi connectivity index (χ1v) is 12.8. The van der Waals surface area contributed by atoms with Crippen molar-refractivity contribution in [2.75, 3.05) is 36.4 Å². The Morgan fingerprint density at radius 3 is 2.68 bits per heavy atom. The van der Waals surface area contributed by atoms with Crippen molar-refractivity contribution in [1.29, 1.82) is 0 Å². The number of anilines is 2. The molecule has 2 amide bonds. The van der Waals surface area contributed by atoms with E-state index in [1.54, 1.807) is 6.20 Å². The third kappa shape index (κ3) is 4.99. The Kier molecular flexibility index (Phi) is 6.01. The second-order valence-corrected chi connectivity index (χ2v) is 10.5. The van der Waals surface area contributed by atoms with E-state index in [1.807, 2.05) is 41.9 Å². The van der Waals surface area contributed by atoms with Gasteiger partial charge >= 0.3 is 12.2 Å². The summed E-state index contributed by atoms with van der Waals surface area (Å²) in [4.78, 5) is 21.3. The summed E-state index contributed by atoms with van der Waals surface area (Å²) in [5, 5.41) is 2.89. The van der Waals surface area contributed by atoms with Crippen LogP contribution in [0, 0.1) is 12.8 Å². The van der Waals surface area contributed by atoms with Gasteiger partial charge in [0.15, 0.2) is 5.65 Å². The number of halogens is 3. The van der Waals surface area contributed by atoms with Crippen molar-refractivity contribution in [2.45, 2.75) is 51.0 Å². The van der Waals surface area contributed by atoms with Gasteiger partial charge in [-0.2, -0.15) is 13.2 Å². The van der Waals surface area contributed by atoms with Crippen molar-refractivity contribution < 1.29 is 22.7 Å². The zero-order valence-electron chi connectivity index (χ0n) is 20.7. The molecule has 3 saturated heterocycles. The summed E-state index contributed by atoms with van der Waals surface area (Å²) in [5.74, 6) is -0.546. The number of nitrogens with zero attached hydrogens (tertiary/aromatic N) is 4. The Labute approximate surface area is 213 Å². The minimum absolute atomic E-state index is 0.117. The van der Waals surface area contributed by atoms with Crippen molar-refractivity contribution >= 4 is 23.1 Å². The van der Waals surface area contributed by atoms with Gasteiger partial charge in [0, 0.05) is 62.4 Å². The fourth-order valence-corrected chi connectivity index (χ4v) is 5.93. The molecule has 3 aromatic rings. The van der Waals surface area contributed by atoms with Crippen molar-refractivity contribution in [2.24, 2.45) is 5.92 Å². The minimum atomic E-state index is -4.21. The van der Waals surface area contributed by atoms with Crippen LogP contribution >= 0.6 is 0 Å². The van der Waals surface area contributed by atoms with Gasteiger partial charge in [0.25, 0.3) is 0 Å². The Morgan fingerprint density at radius 2 is 1.92 bits per heavy atom. The molecule has 10 heteroatoms. The maximum Gasteiger partial charge on any atom is 0.389 e. The average Bonchev–Trinajstić information content (AvgIpc) is 3.58. The van der Waals surface area contributed by atoms with E-state index >= 15 is 0 Å². The molecule has 0 aliphatic carbocycles. The number of morpholine rings is 1. The highest BCUT2D eigenvalue weighted by Gasteiger charge is 2.37. The molecular formula is C27H30F3N5O2. The number of pyridine rings is 1. The molecule has 2 aromatic heterocycles. The number of ether oxygens (including phenoxy) is 1. The molecule has 6 rings (SSSR count). The van der Waals surface area contributed by atoms with Gasteiger partial charge in [-0.3, -0.25) is 0 Å².